The number of aryl methyl sites for hydroxylation is 1. The number of hydrogen-bond acceptors (Lipinski definition) is 4. The van der Waals surface area contributed by atoms with Gasteiger partial charge in [0, 0.05) is 11.3 Å². The fourth-order valence-corrected chi connectivity index (χ4v) is 2.62. The molecular formula is C16H18ClN5O2. The van der Waals surface area contributed by atoms with Gasteiger partial charge in [-0.25, -0.2) is 9.78 Å². The first-order valence-electron chi connectivity index (χ1n) is 7.71. The number of nitrogens with zero attached hydrogens (tertiary/aromatic N) is 3. The van der Waals surface area contributed by atoms with Gasteiger partial charge < -0.3 is 4.74 Å². The van der Waals surface area contributed by atoms with E-state index < -0.39 is 6.09 Å². The van der Waals surface area contributed by atoms with Gasteiger partial charge >= 0.3 is 6.09 Å². The van der Waals surface area contributed by atoms with Gasteiger partial charge in [-0.05, 0) is 37.1 Å². The molecule has 0 radical (unpaired) electrons. The molecule has 1 amide bonds. The highest BCUT2D eigenvalue weighted by Gasteiger charge is 2.15. The second-order valence-electron chi connectivity index (χ2n) is 5.37. The van der Waals surface area contributed by atoms with Crippen molar-refractivity contribution in [1.82, 2.24) is 19.8 Å². The molecule has 2 aromatic heterocycles. The fraction of sp³-hybridized carbons (Fsp3) is 0.312. The van der Waals surface area contributed by atoms with E-state index in [2.05, 4.69) is 32.2 Å². The molecule has 0 aliphatic rings. The number of anilines is 1. The molecule has 1 aromatic carbocycles. The first-order chi connectivity index (χ1) is 11.6. The SMILES string of the molecule is CCCCc1[nH]n2nc(-c3ccc(NC(=O)OC)cc3)nc2c1Cl. The predicted molar refractivity (Wildman–Crippen MR) is 92.4 cm³/mol. The lowest BCUT2D eigenvalue weighted by atomic mass is 10.2. The summed E-state index contributed by atoms with van der Waals surface area (Å²) in [6.45, 7) is 2.14. The van der Waals surface area contributed by atoms with E-state index >= 15 is 0 Å². The van der Waals surface area contributed by atoms with E-state index in [4.69, 9.17) is 11.6 Å². The lowest BCUT2D eigenvalue weighted by molar-refractivity contribution is 0.187. The van der Waals surface area contributed by atoms with E-state index in [1.165, 1.54) is 7.11 Å². The van der Waals surface area contributed by atoms with Crippen LogP contribution in [0, 0.1) is 0 Å². The van der Waals surface area contributed by atoms with Crippen LogP contribution in [0.15, 0.2) is 24.3 Å². The molecule has 24 heavy (non-hydrogen) atoms. The first-order valence-corrected chi connectivity index (χ1v) is 8.08. The Morgan fingerprint density at radius 1 is 1.38 bits per heavy atom. The molecule has 126 valence electrons. The number of aromatic amines is 1. The topological polar surface area (TPSA) is 84.3 Å². The van der Waals surface area contributed by atoms with Crippen LogP contribution in [0.4, 0.5) is 10.5 Å². The highest BCUT2D eigenvalue weighted by Crippen LogP contribution is 2.25. The van der Waals surface area contributed by atoms with Crippen molar-refractivity contribution in [2.45, 2.75) is 26.2 Å². The monoisotopic (exact) mass is 347 g/mol. The summed E-state index contributed by atoms with van der Waals surface area (Å²) in [6, 6.07) is 7.17. The van der Waals surface area contributed by atoms with Crippen molar-refractivity contribution in [3.63, 3.8) is 0 Å². The Morgan fingerprint density at radius 2 is 2.12 bits per heavy atom. The predicted octanol–water partition coefficient (Wildman–Crippen LogP) is 3.90. The number of nitrogens with one attached hydrogen (secondary N) is 2. The number of halogens is 1. The summed E-state index contributed by atoms with van der Waals surface area (Å²) < 4.78 is 6.15. The second kappa shape index (κ2) is 6.92. The van der Waals surface area contributed by atoms with Crippen LogP contribution < -0.4 is 5.32 Å². The van der Waals surface area contributed by atoms with Gasteiger partial charge in [0.2, 0.25) is 0 Å². The molecule has 2 N–H and O–H groups in total. The van der Waals surface area contributed by atoms with E-state index in [0.717, 1.165) is 30.5 Å². The maximum absolute atomic E-state index is 11.2. The summed E-state index contributed by atoms with van der Waals surface area (Å²) in [6.07, 6.45) is 2.53. The van der Waals surface area contributed by atoms with Crippen molar-refractivity contribution in [3.8, 4) is 11.4 Å². The van der Waals surface area contributed by atoms with Gasteiger partial charge in [-0.2, -0.15) is 4.63 Å². The van der Waals surface area contributed by atoms with Crippen molar-refractivity contribution in [2.75, 3.05) is 12.4 Å². The van der Waals surface area contributed by atoms with Crippen LogP contribution in [-0.2, 0) is 11.2 Å². The summed E-state index contributed by atoms with van der Waals surface area (Å²) in [5.74, 6) is 0.565. The smallest absolute Gasteiger partial charge is 0.411 e. The molecule has 0 unspecified atom stereocenters. The Kier molecular flexibility index (Phi) is 4.71. The molecule has 3 aromatic rings. The van der Waals surface area contributed by atoms with Crippen molar-refractivity contribution in [1.29, 1.82) is 0 Å². The lowest BCUT2D eigenvalue weighted by Gasteiger charge is -2.03. The number of ether oxygens (including phenoxy) is 1. The Balaban J connectivity index is 1.83. The number of carbonyl (C=O) groups is 1. The molecule has 0 bridgehead atoms. The van der Waals surface area contributed by atoms with E-state index in [1.54, 1.807) is 16.8 Å². The Morgan fingerprint density at radius 3 is 2.75 bits per heavy atom. The molecule has 2 heterocycles. The summed E-state index contributed by atoms with van der Waals surface area (Å²) in [5, 5.41) is 10.8. The normalized spacial score (nSPS) is 11.0. The zero-order valence-corrected chi connectivity index (χ0v) is 14.2. The maximum Gasteiger partial charge on any atom is 0.411 e. The van der Waals surface area contributed by atoms with Crippen molar-refractivity contribution < 1.29 is 9.53 Å². The standard InChI is InChI=1S/C16H18ClN5O2/c1-3-4-5-12-13(17)15-19-14(21-22(15)20-12)10-6-8-11(9-7-10)18-16(23)24-2/h6-9,20H,3-5H2,1-2H3,(H,18,23). The summed E-state index contributed by atoms with van der Waals surface area (Å²) >= 11 is 6.38. The van der Waals surface area contributed by atoms with Crippen molar-refractivity contribution in [2.24, 2.45) is 0 Å². The number of unbranched alkanes of at least 4 members (excludes halogenated alkanes) is 1. The molecule has 0 atom stereocenters. The number of methoxy groups -OCH3 is 1. The minimum atomic E-state index is -0.512. The van der Waals surface area contributed by atoms with Crippen LogP contribution in [0.3, 0.4) is 0 Å². The summed E-state index contributed by atoms with van der Waals surface area (Å²) in [7, 11) is 1.32. The molecule has 0 aliphatic carbocycles. The lowest BCUT2D eigenvalue weighted by Crippen LogP contribution is -2.10. The average molecular weight is 348 g/mol. The van der Waals surface area contributed by atoms with Gasteiger partial charge in [0.1, 0.15) is 5.02 Å². The highest BCUT2D eigenvalue weighted by molar-refractivity contribution is 6.34. The van der Waals surface area contributed by atoms with E-state index in [-0.39, 0.29) is 0 Å². The minimum Gasteiger partial charge on any atom is -0.453 e. The van der Waals surface area contributed by atoms with Crippen LogP contribution >= 0.6 is 11.6 Å². The fourth-order valence-electron chi connectivity index (χ4n) is 2.36. The van der Waals surface area contributed by atoms with Crippen LogP contribution in [-0.4, -0.2) is 33.0 Å². The molecular weight excluding hydrogens is 330 g/mol. The molecule has 0 saturated carbocycles. The zero-order chi connectivity index (χ0) is 17.1. The molecule has 8 heteroatoms. The number of amides is 1. The van der Waals surface area contributed by atoms with Gasteiger partial charge in [-0.15, -0.1) is 5.10 Å². The van der Waals surface area contributed by atoms with E-state index in [1.807, 2.05) is 12.1 Å². The number of rotatable bonds is 5. The summed E-state index contributed by atoms with van der Waals surface area (Å²) in [5.41, 5.74) is 3.04. The number of carbonyl (C=O) groups excluding carboxylic acids is 1. The van der Waals surface area contributed by atoms with Gasteiger partial charge in [0.15, 0.2) is 11.5 Å². The van der Waals surface area contributed by atoms with Crippen molar-refractivity contribution >= 4 is 29.0 Å². The molecule has 7 nitrogen and oxygen atoms in total. The van der Waals surface area contributed by atoms with Gasteiger partial charge in [-0.3, -0.25) is 10.4 Å². The molecule has 0 fully saturated rings. The number of hydrogen-bond donors (Lipinski definition) is 2. The Bertz CT molecular complexity index is 853. The molecule has 0 saturated heterocycles. The first kappa shape index (κ1) is 16.3. The zero-order valence-electron chi connectivity index (χ0n) is 13.5. The third-order valence-corrected chi connectivity index (χ3v) is 4.06. The number of H-pyrrole nitrogens is 1. The Hall–Kier alpha value is -2.54. The Labute approximate surface area is 144 Å². The van der Waals surface area contributed by atoms with Crippen molar-refractivity contribution in [3.05, 3.63) is 35.0 Å². The van der Waals surface area contributed by atoms with Crippen LogP contribution in [0.2, 0.25) is 5.02 Å². The minimum absolute atomic E-state index is 0.512. The third-order valence-electron chi connectivity index (χ3n) is 3.66. The van der Waals surface area contributed by atoms with Crippen LogP contribution in [0.1, 0.15) is 25.5 Å². The number of fused-ring (bicyclic) bond motifs is 1. The van der Waals surface area contributed by atoms with Crippen LogP contribution in [0.5, 0.6) is 0 Å². The molecule has 3 rings (SSSR count). The molecule has 0 spiro atoms. The van der Waals surface area contributed by atoms with Crippen LogP contribution in [0.25, 0.3) is 17.0 Å². The third kappa shape index (κ3) is 3.21. The van der Waals surface area contributed by atoms with Gasteiger partial charge in [-0.1, -0.05) is 24.9 Å². The molecule has 0 aliphatic heterocycles. The maximum atomic E-state index is 11.2. The number of benzene rings is 1. The van der Waals surface area contributed by atoms with Gasteiger partial charge in [0.05, 0.1) is 12.8 Å². The largest absolute Gasteiger partial charge is 0.453 e. The highest BCUT2D eigenvalue weighted by atomic mass is 35.5. The average Bonchev–Trinajstić information content (AvgIpc) is 3.13. The quantitative estimate of drug-likeness (QED) is 0.733. The van der Waals surface area contributed by atoms with Gasteiger partial charge in [0.25, 0.3) is 0 Å². The second-order valence-corrected chi connectivity index (χ2v) is 5.75. The summed E-state index contributed by atoms with van der Waals surface area (Å²) in [4.78, 5) is 15.7. The van der Waals surface area contributed by atoms with E-state index in [9.17, 15) is 4.79 Å². The van der Waals surface area contributed by atoms with E-state index in [0.29, 0.717) is 22.2 Å². The number of aromatic nitrogens is 4.